The second-order valence-electron chi connectivity index (χ2n) is 4.30. The molecule has 0 bridgehead atoms. The summed E-state index contributed by atoms with van der Waals surface area (Å²) >= 11 is 1.47. The number of rotatable bonds is 7. The molecular weight excluding hydrogens is 298 g/mol. The van der Waals surface area contributed by atoms with E-state index in [-0.39, 0.29) is 5.92 Å². The number of amides is 2. The van der Waals surface area contributed by atoms with E-state index in [0.29, 0.717) is 6.54 Å². The fourth-order valence-electron chi connectivity index (χ4n) is 1.47. The second-order valence-corrected chi connectivity index (χ2v) is 5.22. The van der Waals surface area contributed by atoms with Crippen molar-refractivity contribution in [2.45, 2.75) is 25.3 Å². The first-order valence-corrected chi connectivity index (χ1v) is 7.05. The first-order valence-electron chi connectivity index (χ1n) is 6.17. The van der Waals surface area contributed by atoms with E-state index in [1.165, 1.54) is 11.3 Å². The van der Waals surface area contributed by atoms with Crippen molar-refractivity contribution in [2.24, 2.45) is 0 Å². The van der Waals surface area contributed by atoms with E-state index < -0.39 is 30.4 Å². The molecule has 21 heavy (non-hydrogen) atoms. The lowest BCUT2D eigenvalue weighted by atomic mass is 10.2. The summed E-state index contributed by atoms with van der Waals surface area (Å²) in [7, 11) is 1.15. The minimum atomic E-state index is -1.33. The Bertz CT molecular complexity index is 491. The molecule has 0 aliphatic rings. The normalized spacial score (nSPS) is 13.0. The number of hydrogen-bond donors (Lipinski definition) is 3. The first kappa shape index (κ1) is 16.9. The van der Waals surface area contributed by atoms with Crippen LogP contribution in [-0.4, -0.2) is 47.8 Å². The molecule has 2 amide bonds. The van der Waals surface area contributed by atoms with Gasteiger partial charge in [-0.1, -0.05) is 6.92 Å². The van der Waals surface area contributed by atoms with Crippen molar-refractivity contribution in [3.05, 3.63) is 16.6 Å². The summed E-state index contributed by atoms with van der Waals surface area (Å²) in [6.07, 6.45) is 1.24. The Morgan fingerprint density at radius 2 is 2.19 bits per heavy atom. The van der Waals surface area contributed by atoms with Crippen LogP contribution in [0.4, 0.5) is 4.79 Å². The van der Waals surface area contributed by atoms with Gasteiger partial charge in [0.2, 0.25) is 0 Å². The van der Waals surface area contributed by atoms with Crippen LogP contribution < -0.4 is 10.6 Å². The van der Waals surface area contributed by atoms with Gasteiger partial charge in [-0.25, -0.2) is 14.6 Å². The molecule has 1 aromatic heterocycles. The highest BCUT2D eigenvalue weighted by Crippen LogP contribution is 2.16. The van der Waals surface area contributed by atoms with Gasteiger partial charge in [-0.05, 0) is 0 Å². The maximum atomic E-state index is 11.6. The smallest absolute Gasteiger partial charge is 0.326 e. The van der Waals surface area contributed by atoms with E-state index in [9.17, 15) is 14.4 Å². The summed E-state index contributed by atoms with van der Waals surface area (Å²) in [5, 5.41) is 16.4. The molecule has 0 aliphatic heterocycles. The molecule has 0 saturated carbocycles. The molecule has 1 aromatic rings. The third-order valence-corrected chi connectivity index (χ3v) is 3.65. The van der Waals surface area contributed by atoms with E-state index in [0.717, 1.165) is 12.1 Å². The lowest BCUT2D eigenvalue weighted by Gasteiger charge is -2.15. The summed E-state index contributed by atoms with van der Waals surface area (Å²) in [5.41, 5.74) is 0. The number of carboxylic acids is 1. The van der Waals surface area contributed by atoms with Crippen LogP contribution in [0.25, 0.3) is 0 Å². The molecule has 2 atom stereocenters. The van der Waals surface area contributed by atoms with Gasteiger partial charge >= 0.3 is 18.0 Å². The zero-order valence-corrected chi connectivity index (χ0v) is 12.5. The maximum absolute atomic E-state index is 11.6. The first-order chi connectivity index (χ1) is 9.93. The van der Waals surface area contributed by atoms with Crippen molar-refractivity contribution in [1.29, 1.82) is 0 Å². The number of hydrogen-bond acceptors (Lipinski definition) is 6. The molecule has 3 N–H and O–H groups in total. The zero-order valence-electron chi connectivity index (χ0n) is 11.7. The van der Waals surface area contributed by atoms with Gasteiger partial charge in [0.15, 0.2) is 0 Å². The molecule has 116 valence electrons. The van der Waals surface area contributed by atoms with Crippen LogP contribution >= 0.6 is 11.3 Å². The van der Waals surface area contributed by atoms with Crippen molar-refractivity contribution < 1.29 is 24.2 Å². The van der Waals surface area contributed by atoms with Crippen molar-refractivity contribution >= 4 is 29.3 Å². The highest BCUT2D eigenvalue weighted by molar-refractivity contribution is 7.09. The number of aromatic nitrogens is 1. The summed E-state index contributed by atoms with van der Waals surface area (Å²) in [6, 6.07) is -1.98. The third kappa shape index (κ3) is 5.78. The van der Waals surface area contributed by atoms with Gasteiger partial charge < -0.3 is 20.5 Å². The molecule has 9 heteroatoms. The van der Waals surface area contributed by atoms with Crippen LogP contribution in [0.5, 0.6) is 0 Å². The number of carboxylic acid groups (broad SMARTS) is 1. The molecule has 0 fully saturated rings. The van der Waals surface area contributed by atoms with Crippen LogP contribution in [0, 0.1) is 0 Å². The number of thiazole rings is 1. The molecule has 1 heterocycles. The molecule has 0 aromatic carbocycles. The number of aliphatic carboxylic acids is 1. The molecule has 1 rings (SSSR count). The van der Waals surface area contributed by atoms with Gasteiger partial charge in [0.25, 0.3) is 0 Å². The predicted molar refractivity (Wildman–Crippen MR) is 75.1 cm³/mol. The Morgan fingerprint density at radius 1 is 1.48 bits per heavy atom. The number of methoxy groups -OCH3 is 1. The second kappa shape index (κ2) is 8.20. The number of urea groups is 1. The average Bonchev–Trinajstić information content (AvgIpc) is 2.97. The van der Waals surface area contributed by atoms with Gasteiger partial charge in [0.05, 0.1) is 18.5 Å². The van der Waals surface area contributed by atoms with Crippen LogP contribution in [0.2, 0.25) is 0 Å². The standard InChI is InChI=1S/C12H17N3O5S/c1-7(10-13-3-4-21-10)6-14-12(19)15-8(11(17)18)5-9(16)20-2/h3-4,7-8H,5-6H2,1-2H3,(H,17,18)(H2,14,15,19)/t7?,8-/m0/s1. The fourth-order valence-corrected chi connectivity index (χ4v) is 2.17. The van der Waals surface area contributed by atoms with Crippen molar-refractivity contribution in [2.75, 3.05) is 13.7 Å². The van der Waals surface area contributed by atoms with E-state index in [4.69, 9.17) is 5.11 Å². The Kier molecular flexibility index (Phi) is 6.60. The number of ether oxygens (including phenoxy) is 1. The quantitative estimate of drug-likeness (QED) is 0.633. The SMILES string of the molecule is COC(=O)C[C@H](NC(=O)NCC(C)c1nccs1)C(=O)O. The highest BCUT2D eigenvalue weighted by atomic mass is 32.1. The van der Waals surface area contributed by atoms with Crippen molar-refractivity contribution in [3.8, 4) is 0 Å². The van der Waals surface area contributed by atoms with E-state index in [1.54, 1.807) is 6.20 Å². The summed E-state index contributed by atoms with van der Waals surface area (Å²) < 4.78 is 4.38. The lowest BCUT2D eigenvalue weighted by molar-refractivity contribution is -0.147. The average molecular weight is 315 g/mol. The number of carbonyl (C=O) groups is 3. The summed E-state index contributed by atoms with van der Waals surface area (Å²) in [6.45, 7) is 2.20. The largest absolute Gasteiger partial charge is 0.480 e. The van der Waals surface area contributed by atoms with Gasteiger partial charge in [-0.15, -0.1) is 11.3 Å². The zero-order chi connectivity index (χ0) is 15.8. The Balaban J connectivity index is 2.43. The van der Waals surface area contributed by atoms with Gasteiger partial charge in [0.1, 0.15) is 6.04 Å². The molecule has 0 radical (unpaired) electrons. The fraction of sp³-hybridized carbons (Fsp3) is 0.500. The molecule has 0 saturated heterocycles. The third-order valence-electron chi connectivity index (χ3n) is 2.64. The van der Waals surface area contributed by atoms with Gasteiger partial charge in [0, 0.05) is 24.0 Å². The van der Waals surface area contributed by atoms with E-state index >= 15 is 0 Å². The predicted octanol–water partition coefficient (Wildman–Crippen LogP) is 0.562. The number of nitrogens with one attached hydrogen (secondary N) is 2. The number of nitrogens with zero attached hydrogens (tertiary/aromatic N) is 1. The van der Waals surface area contributed by atoms with Crippen LogP contribution in [0.1, 0.15) is 24.3 Å². The monoisotopic (exact) mass is 315 g/mol. The Morgan fingerprint density at radius 3 is 2.71 bits per heavy atom. The minimum absolute atomic E-state index is 0.0136. The van der Waals surface area contributed by atoms with E-state index in [1.807, 2.05) is 12.3 Å². The van der Waals surface area contributed by atoms with Crippen LogP contribution in [-0.2, 0) is 14.3 Å². The summed E-state index contributed by atoms with van der Waals surface area (Å²) in [5.74, 6) is -2.00. The summed E-state index contributed by atoms with van der Waals surface area (Å²) in [4.78, 5) is 37.8. The lowest BCUT2D eigenvalue weighted by Crippen LogP contribution is -2.47. The molecule has 0 spiro atoms. The van der Waals surface area contributed by atoms with Gasteiger partial charge in [-0.3, -0.25) is 4.79 Å². The molecule has 8 nitrogen and oxygen atoms in total. The Hall–Kier alpha value is -2.16. The van der Waals surface area contributed by atoms with Crippen molar-refractivity contribution in [3.63, 3.8) is 0 Å². The van der Waals surface area contributed by atoms with Crippen LogP contribution in [0.3, 0.4) is 0 Å². The molecule has 0 aliphatic carbocycles. The maximum Gasteiger partial charge on any atom is 0.326 e. The number of esters is 1. The molecular formula is C12H17N3O5S. The topological polar surface area (TPSA) is 118 Å². The van der Waals surface area contributed by atoms with Crippen molar-refractivity contribution in [1.82, 2.24) is 15.6 Å². The Labute approximate surface area is 125 Å². The minimum Gasteiger partial charge on any atom is -0.480 e. The van der Waals surface area contributed by atoms with Crippen LogP contribution in [0.15, 0.2) is 11.6 Å². The van der Waals surface area contributed by atoms with Gasteiger partial charge in [-0.2, -0.15) is 0 Å². The number of carbonyl (C=O) groups excluding carboxylic acids is 2. The van der Waals surface area contributed by atoms with E-state index in [2.05, 4.69) is 20.4 Å². The molecule has 1 unspecified atom stereocenters. The highest BCUT2D eigenvalue weighted by Gasteiger charge is 2.23.